The van der Waals surface area contributed by atoms with E-state index in [0.29, 0.717) is 5.69 Å². The molecule has 0 spiro atoms. The first-order valence-corrected chi connectivity index (χ1v) is 7.04. The van der Waals surface area contributed by atoms with Crippen LogP contribution < -0.4 is 16.2 Å². The lowest BCUT2D eigenvalue weighted by Crippen LogP contribution is -2.38. The molecular formula is C16H17N3O2. The van der Waals surface area contributed by atoms with E-state index >= 15 is 0 Å². The van der Waals surface area contributed by atoms with Crippen LogP contribution >= 0.6 is 0 Å². The van der Waals surface area contributed by atoms with Crippen molar-refractivity contribution in [3.63, 3.8) is 0 Å². The number of aromatic amines is 1. The lowest BCUT2D eigenvalue weighted by Gasteiger charge is -2.11. The van der Waals surface area contributed by atoms with E-state index in [-0.39, 0.29) is 23.1 Å². The van der Waals surface area contributed by atoms with Gasteiger partial charge in [-0.2, -0.15) is 0 Å². The molecule has 1 atom stereocenters. The lowest BCUT2D eigenvalue weighted by molar-refractivity contribution is 0.0938. The van der Waals surface area contributed by atoms with Crippen molar-refractivity contribution in [2.24, 2.45) is 0 Å². The van der Waals surface area contributed by atoms with Crippen molar-refractivity contribution >= 4 is 5.91 Å². The number of hydrogen-bond acceptors (Lipinski definition) is 3. The number of pyridine rings is 1. The predicted molar refractivity (Wildman–Crippen MR) is 81.2 cm³/mol. The van der Waals surface area contributed by atoms with Gasteiger partial charge in [-0.3, -0.25) is 9.59 Å². The van der Waals surface area contributed by atoms with Crippen LogP contribution in [0.15, 0.2) is 47.3 Å². The number of nitrogens with one attached hydrogen (secondary N) is 3. The van der Waals surface area contributed by atoms with Gasteiger partial charge in [-0.15, -0.1) is 0 Å². The van der Waals surface area contributed by atoms with Gasteiger partial charge in [0.1, 0.15) is 5.56 Å². The van der Waals surface area contributed by atoms with E-state index in [1.165, 1.54) is 0 Å². The fourth-order valence-corrected chi connectivity index (χ4v) is 2.48. The Morgan fingerprint density at radius 3 is 2.62 bits per heavy atom. The molecule has 21 heavy (non-hydrogen) atoms. The molecule has 5 nitrogen and oxygen atoms in total. The first-order valence-electron chi connectivity index (χ1n) is 7.04. The van der Waals surface area contributed by atoms with E-state index in [2.05, 4.69) is 15.6 Å². The largest absolute Gasteiger partial charge is 0.348 e. The zero-order valence-corrected chi connectivity index (χ0v) is 11.6. The maximum absolute atomic E-state index is 12.1. The molecule has 2 heterocycles. The van der Waals surface area contributed by atoms with Crippen molar-refractivity contribution in [2.75, 3.05) is 13.1 Å². The fourth-order valence-electron chi connectivity index (χ4n) is 2.48. The average molecular weight is 283 g/mol. The van der Waals surface area contributed by atoms with Crippen LogP contribution in [0.25, 0.3) is 11.3 Å². The van der Waals surface area contributed by atoms with Crippen molar-refractivity contribution < 1.29 is 4.79 Å². The molecule has 1 aromatic carbocycles. The number of carbonyl (C=O) groups excluding carboxylic acids is 1. The Hall–Kier alpha value is -2.40. The van der Waals surface area contributed by atoms with E-state index in [1.807, 2.05) is 30.3 Å². The second-order valence-corrected chi connectivity index (χ2v) is 5.14. The highest BCUT2D eigenvalue weighted by molar-refractivity contribution is 5.94. The Morgan fingerprint density at radius 2 is 1.95 bits per heavy atom. The van der Waals surface area contributed by atoms with Gasteiger partial charge in [-0.25, -0.2) is 0 Å². The van der Waals surface area contributed by atoms with Crippen molar-refractivity contribution in [2.45, 2.75) is 12.5 Å². The Kier molecular flexibility index (Phi) is 3.83. The molecule has 1 saturated heterocycles. The molecule has 1 aliphatic heterocycles. The normalized spacial score (nSPS) is 17.6. The van der Waals surface area contributed by atoms with Crippen LogP contribution in [-0.4, -0.2) is 30.0 Å². The second-order valence-electron chi connectivity index (χ2n) is 5.14. The minimum atomic E-state index is -0.361. The van der Waals surface area contributed by atoms with Gasteiger partial charge in [0.2, 0.25) is 0 Å². The van der Waals surface area contributed by atoms with Gasteiger partial charge in [0.25, 0.3) is 11.5 Å². The maximum atomic E-state index is 12.1. The van der Waals surface area contributed by atoms with Crippen LogP contribution in [0, 0.1) is 0 Å². The zero-order valence-electron chi connectivity index (χ0n) is 11.6. The number of carbonyl (C=O) groups is 1. The Bertz CT molecular complexity index is 688. The summed E-state index contributed by atoms with van der Waals surface area (Å²) in [6.07, 6.45) is 0.895. The van der Waals surface area contributed by atoms with Crippen molar-refractivity contribution in [3.05, 3.63) is 58.4 Å². The van der Waals surface area contributed by atoms with Crippen molar-refractivity contribution in [1.82, 2.24) is 15.6 Å². The molecule has 5 heteroatoms. The predicted octanol–water partition coefficient (Wildman–Crippen LogP) is 1.13. The van der Waals surface area contributed by atoms with Gasteiger partial charge in [0.05, 0.1) is 0 Å². The highest BCUT2D eigenvalue weighted by Gasteiger charge is 2.19. The lowest BCUT2D eigenvalue weighted by atomic mass is 10.1. The number of aromatic nitrogens is 1. The molecule has 0 aliphatic carbocycles. The number of hydrogen-bond donors (Lipinski definition) is 3. The van der Waals surface area contributed by atoms with Gasteiger partial charge >= 0.3 is 0 Å². The van der Waals surface area contributed by atoms with E-state index < -0.39 is 0 Å². The minimum absolute atomic E-state index is 0.102. The van der Waals surface area contributed by atoms with Crippen LogP contribution in [0.3, 0.4) is 0 Å². The third kappa shape index (κ3) is 3.03. The third-order valence-corrected chi connectivity index (χ3v) is 3.63. The quantitative estimate of drug-likeness (QED) is 0.790. The molecule has 1 fully saturated rings. The zero-order chi connectivity index (χ0) is 14.7. The highest BCUT2D eigenvalue weighted by Crippen LogP contribution is 2.14. The summed E-state index contributed by atoms with van der Waals surface area (Å²) in [5.41, 5.74) is 1.42. The fraction of sp³-hybridized carbons (Fsp3) is 0.250. The Balaban J connectivity index is 1.81. The highest BCUT2D eigenvalue weighted by atomic mass is 16.2. The molecule has 2 aromatic rings. The van der Waals surface area contributed by atoms with Crippen LogP contribution in [-0.2, 0) is 0 Å². The molecule has 1 amide bonds. The number of benzene rings is 1. The summed E-state index contributed by atoms with van der Waals surface area (Å²) in [4.78, 5) is 27.0. The van der Waals surface area contributed by atoms with Gasteiger partial charge in [0, 0.05) is 18.3 Å². The molecule has 1 aromatic heterocycles. The second kappa shape index (κ2) is 5.93. The molecule has 0 bridgehead atoms. The Morgan fingerprint density at radius 1 is 1.14 bits per heavy atom. The van der Waals surface area contributed by atoms with Gasteiger partial charge in [-0.1, -0.05) is 30.3 Å². The van der Waals surface area contributed by atoms with Crippen LogP contribution in [0.5, 0.6) is 0 Å². The third-order valence-electron chi connectivity index (χ3n) is 3.63. The molecule has 0 saturated carbocycles. The van der Waals surface area contributed by atoms with Gasteiger partial charge in [-0.05, 0) is 30.7 Å². The summed E-state index contributed by atoms with van der Waals surface area (Å²) in [5, 5.41) is 6.05. The average Bonchev–Trinajstić information content (AvgIpc) is 3.01. The summed E-state index contributed by atoms with van der Waals surface area (Å²) in [6, 6.07) is 13.0. The molecule has 0 radical (unpaired) electrons. The van der Waals surface area contributed by atoms with Gasteiger partial charge in [0.15, 0.2) is 0 Å². The van der Waals surface area contributed by atoms with Crippen LogP contribution in [0.4, 0.5) is 0 Å². The number of H-pyrrole nitrogens is 1. The summed E-state index contributed by atoms with van der Waals surface area (Å²) in [7, 11) is 0. The molecule has 108 valence electrons. The number of rotatable bonds is 3. The van der Waals surface area contributed by atoms with Crippen LogP contribution in [0.2, 0.25) is 0 Å². The minimum Gasteiger partial charge on any atom is -0.348 e. The summed E-state index contributed by atoms with van der Waals surface area (Å²) in [6.45, 7) is 1.65. The van der Waals surface area contributed by atoms with E-state index in [4.69, 9.17) is 0 Å². The summed E-state index contributed by atoms with van der Waals surface area (Å²) < 4.78 is 0. The molecule has 3 rings (SSSR count). The van der Waals surface area contributed by atoms with E-state index in [0.717, 1.165) is 25.1 Å². The number of amides is 1. The van der Waals surface area contributed by atoms with Crippen molar-refractivity contribution in [1.29, 1.82) is 0 Å². The first-order chi connectivity index (χ1) is 10.2. The Labute approximate surface area is 122 Å². The SMILES string of the molecule is O=C(NC1CCNC1)c1ccc(-c2ccccc2)[nH]c1=O. The molecule has 1 aliphatic rings. The first kappa shape index (κ1) is 13.6. The monoisotopic (exact) mass is 283 g/mol. The van der Waals surface area contributed by atoms with Crippen LogP contribution in [0.1, 0.15) is 16.8 Å². The molecule has 3 N–H and O–H groups in total. The topological polar surface area (TPSA) is 74.0 Å². The summed E-state index contributed by atoms with van der Waals surface area (Å²) in [5.74, 6) is -0.315. The summed E-state index contributed by atoms with van der Waals surface area (Å²) >= 11 is 0. The van der Waals surface area contributed by atoms with Crippen molar-refractivity contribution in [3.8, 4) is 11.3 Å². The standard InChI is InChI=1S/C16H17N3O2/c20-15(18-12-8-9-17-10-12)13-6-7-14(19-16(13)21)11-4-2-1-3-5-11/h1-7,12,17H,8-10H2,(H,18,20)(H,19,21). The van der Waals surface area contributed by atoms with E-state index in [9.17, 15) is 9.59 Å². The maximum Gasteiger partial charge on any atom is 0.261 e. The smallest absolute Gasteiger partial charge is 0.261 e. The van der Waals surface area contributed by atoms with E-state index in [1.54, 1.807) is 12.1 Å². The molecule has 1 unspecified atom stereocenters. The van der Waals surface area contributed by atoms with Gasteiger partial charge < -0.3 is 15.6 Å². The molecular weight excluding hydrogens is 266 g/mol.